The van der Waals surface area contributed by atoms with Crippen molar-refractivity contribution in [2.45, 2.75) is 6.92 Å². The van der Waals surface area contributed by atoms with Crippen LogP contribution < -0.4 is 10.9 Å². The minimum Gasteiger partial charge on any atom is -0.777 e. The van der Waals surface area contributed by atoms with Gasteiger partial charge in [-0.1, -0.05) is 138 Å². The highest BCUT2D eigenvalue weighted by Gasteiger charge is 2.51. The van der Waals surface area contributed by atoms with E-state index in [0.29, 0.717) is 0 Å². The number of furan rings is 1. The Bertz CT molecular complexity index is 2020. The molecule has 0 atom stereocenters. The molecule has 0 unspecified atom stereocenters. The van der Waals surface area contributed by atoms with Gasteiger partial charge < -0.3 is 3.96 Å². The number of fused-ring (bicyclic) bond motifs is 4. The summed E-state index contributed by atoms with van der Waals surface area (Å²) < 4.78 is 3.70. The molecule has 0 fully saturated rings. The van der Waals surface area contributed by atoms with Gasteiger partial charge in [-0.15, -0.1) is 0 Å². The lowest BCUT2D eigenvalue weighted by atomic mass is 9.27. The van der Waals surface area contributed by atoms with Crippen molar-refractivity contribution in [2.24, 2.45) is 0 Å². The molecule has 2 heterocycles. The molecular weight excluding hydrogens is 471 g/mol. The van der Waals surface area contributed by atoms with Crippen LogP contribution in [0, 0.1) is 0 Å². The molecule has 0 spiro atoms. The standard InChI is InChI=1S/C37H27BO/c1-26-36-15-8-22-39(36)38(34-20-18-28-10-3-6-13-31(28)24-34,35-21-19-29-11-4-7-14-32(29)25-35)37(26)33-17-16-27-9-2-5-12-30(27)23-33/h2-25H,1H3. The van der Waals surface area contributed by atoms with E-state index in [2.05, 4.69) is 157 Å². The second-order valence-corrected chi connectivity index (χ2v) is 10.8. The van der Waals surface area contributed by atoms with Crippen LogP contribution in [-0.4, -0.2) is 6.35 Å². The summed E-state index contributed by atoms with van der Waals surface area (Å²) in [5.41, 5.74) is 6.54. The lowest BCUT2D eigenvalue weighted by Gasteiger charge is -2.39. The summed E-state index contributed by atoms with van der Waals surface area (Å²) in [6.07, 6.45) is 0.619. The maximum atomic E-state index is 3.70. The fourth-order valence-electron chi connectivity index (χ4n) is 7.09. The molecule has 0 aliphatic carbocycles. The summed E-state index contributed by atoms with van der Waals surface area (Å²) in [4.78, 5) is 0. The minimum absolute atomic E-state index is 1.21. The van der Waals surface area contributed by atoms with Gasteiger partial charge in [-0.2, -0.15) is 0 Å². The maximum absolute atomic E-state index is 3.70. The van der Waals surface area contributed by atoms with E-state index in [1.54, 1.807) is 0 Å². The fraction of sp³-hybridized carbons (Fsp3) is 0.0270. The van der Waals surface area contributed by atoms with Crippen LogP contribution in [0.4, 0.5) is 0 Å². The molecule has 7 aromatic rings. The van der Waals surface area contributed by atoms with Crippen molar-refractivity contribution in [1.82, 2.24) is 0 Å². The van der Waals surface area contributed by atoms with Crippen molar-refractivity contribution in [1.29, 1.82) is 0 Å². The predicted octanol–water partition coefficient (Wildman–Crippen LogP) is 8.52. The molecular formula is C37H27BO. The molecule has 0 bridgehead atoms. The van der Waals surface area contributed by atoms with Crippen LogP contribution in [0.2, 0.25) is 0 Å². The Hall–Kier alpha value is -4.82. The average Bonchev–Trinajstić information content (AvgIpc) is 3.58. The summed E-state index contributed by atoms with van der Waals surface area (Å²) in [6.45, 7) is 2.29. The first kappa shape index (κ1) is 22.2. The van der Waals surface area contributed by atoms with Gasteiger partial charge in [0.15, 0.2) is 6.26 Å². The number of allylic oxidation sites excluding steroid dienone is 1. The zero-order valence-electron chi connectivity index (χ0n) is 21.8. The van der Waals surface area contributed by atoms with Crippen molar-refractivity contribution in [3.05, 3.63) is 157 Å². The highest BCUT2D eigenvalue weighted by molar-refractivity contribution is 7.13. The largest absolute Gasteiger partial charge is 0.777 e. The molecule has 8 rings (SSSR count). The second-order valence-electron chi connectivity index (χ2n) is 10.8. The Morgan fingerprint density at radius 2 is 0.949 bits per heavy atom. The van der Waals surface area contributed by atoms with E-state index in [1.807, 2.05) is 0 Å². The minimum atomic E-state index is -1.59. The van der Waals surface area contributed by atoms with Crippen molar-refractivity contribution in [3.63, 3.8) is 0 Å². The first-order valence-electron chi connectivity index (χ1n) is 13.7. The summed E-state index contributed by atoms with van der Waals surface area (Å²) in [5.74, 6) is 1.21. The average molecular weight is 498 g/mol. The van der Waals surface area contributed by atoms with Gasteiger partial charge in [0.2, 0.25) is 5.76 Å². The molecule has 0 amide bonds. The van der Waals surface area contributed by atoms with Crippen LogP contribution >= 0.6 is 0 Å². The molecule has 1 aliphatic heterocycles. The Balaban J connectivity index is 1.51. The smallest absolute Gasteiger partial charge is 0.420 e. The van der Waals surface area contributed by atoms with E-state index < -0.39 is 6.35 Å². The van der Waals surface area contributed by atoms with E-state index in [-0.39, 0.29) is 0 Å². The molecule has 1 aliphatic rings. The van der Waals surface area contributed by atoms with E-state index >= 15 is 0 Å². The molecule has 0 radical (unpaired) electrons. The lowest BCUT2D eigenvalue weighted by Crippen LogP contribution is -2.59. The zero-order valence-corrected chi connectivity index (χ0v) is 21.8. The van der Waals surface area contributed by atoms with Crippen LogP contribution in [-0.2, 0) is 0 Å². The molecule has 1 aromatic heterocycles. The fourth-order valence-corrected chi connectivity index (χ4v) is 7.09. The lowest BCUT2D eigenvalue weighted by molar-refractivity contribution is 0.375. The van der Waals surface area contributed by atoms with E-state index in [4.69, 9.17) is 0 Å². The van der Waals surface area contributed by atoms with Gasteiger partial charge >= 0.3 is 6.35 Å². The molecule has 1 nitrogen and oxygen atoms in total. The Kier molecular flexibility index (Phi) is 4.75. The maximum Gasteiger partial charge on any atom is 0.420 e. The first-order chi connectivity index (χ1) is 19.2. The quantitative estimate of drug-likeness (QED) is 0.170. The normalized spacial score (nSPS) is 14.4. The van der Waals surface area contributed by atoms with Crippen LogP contribution in [0.1, 0.15) is 18.2 Å². The van der Waals surface area contributed by atoms with Crippen molar-refractivity contribution >= 4 is 60.6 Å². The predicted molar refractivity (Wildman–Crippen MR) is 168 cm³/mol. The zero-order chi connectivity index (χ0) is 26.0. The van der Waals surface area contributed by atoms with Crippen LogP contribution in [0.25, 0.3) is 43.4 Å². The van der Waals surface area contributed by atoms with Gasteiger partial charge in [0.25, 0.3) is 0 Å². The highest BCUT2D eigenvalue weighted by atomic mass is 16.5. The number of hydrogen-bond donors (Lipinski definition) is 0. The summed E-state index contributed by atoms with van der Waals surface area (Å²) in [5, 5.41) is 7.56. The molecule has 39 heavy (non-hydrogen) atoms. The van der Waals surface area contributed by atoms with Crippen molar-refractivity contribution in [2.75, 3.05) is 0 Å². The van der Waals surface area contributed by atoms with E-state index in [9.17, 15) is 0 Å². The molecule has 0 saturated heterocycles. The van der Waals surface area contributed by atoms with Gasteiger partial charge in [0, 0.05) is 17.7 Å². The summed E-state index contributed by atoms with van der Waals surface area (Å²) >= 11 is 0. The Morgan fingerprint density at radius 1 is 0.462 bits per heavy atom. The molecule has 6 aromatic carbocycles. The van der Waals surface area contributed by atoms with Gasteiger partial charge in [-0.3, -0.25) is 0 Å². The van der Waals surface area contributed by atoms with Crippen molar-refractivity contribution in [3.8, 4) is 0 Å². The third-order valence-electron chi connectivity index (χ3n) is 8.83. The Morgan fingerprint density at radius 3 is 1.51 bits per heavy atom. The third-order valence-corrected chi connectivity index (χ3v) is 8.83. The van der Waals surface area contributed by atoms with E-state index in [0.717, 1.165) is 0 Å². The number of benzene rings is 6. The Labute approximate surface area is 228 Å². The van der Waals surface area contributed by atoms with Crippen LogP contribution in [0.5, 0.6) is 0 Å². The molecule has 0 saturated carbocycles. The second kappa shape index (κ2) is 8.34. The van der Waals surface area contributed by atoms with Crippen molar-refractivity contribution < 1.29 is 3.96 Å². The van der Waals surface area contributed by atoms with Gasteiger partial charge in [-0.25, -0.2) is 0 Å². The van der Waals surface area contributed by atoms with Gasteiger partial charge in [0.1, 0.15) is 0 Å². The summed E-state index contributed by atoms with van der Waals surface area (Å²) in [7, 11) is 0. The first-order valence-corrected chi connectivity index (χ1v) is 13.7. The van der Waals surface area contributed by atoms with Crippen LogP contribution in [0.3, 0.4) is 0 Å². The topological polar surface area (TPSA) is 2.70 Å². The number of hydrogen-bond acceptors (Lipinski definition) is 0. The van der Waals surface area contributed by atoms with Gasteiger partial charge in [0.05, 0.1) is 0 Å². The SMILES string of the molecule is CC1=C(c2ccc3ccccc3c2)[B-](c2ccc3ccccc3c2)(c2ccc3ccccc3c2)[o+]2cccc21. The third kappa shape index (κ3) is 3.15. The molecule has 2 heteroatoms. The highest BCUT2D eigenvalue weighted by Crippen LogP contribution is 2.47. The van der Waals surface area contributed by atoms with Crippen LogP contribution in [0.15, 0.2) is 150 Å². The van der Waals surface area contributed by atoms with E-state index in [1.165, 1.54) is 65.6 Å². The molecule has 184 valence electrons. The number of rotatable bonds is 3. The monoisotopic (exact) mass is 498 g/mol. The van der Waals surface area contributed by atoms with Gasteiger partial charge in [-0.05, 0) is 50.9 Å². The summed E-state index contributed by atoms with van der Waals surface area (Å²) in [6, 6.07) is 51.4. The molecule has 0 N–H and O–H groups in total.